The number of benzene rings is 1. The van der Waals surface area contributed by atoms with Crippen LogP contribution in [0.4, 0.5) is 4.39 Å². The summed E-state index contributed by atoms with van der Waals surface area (Å²) in [4.78, 5) is 2.14. The predicted molar refractivity (Wildman–Crippen MR) is 80.2 cm³/mol. The summed E-state index contributed by atoms with van der Waals surface area (Å²) in [5.41, 5.74) is 1.26. The molecule has 0 bridgehead atoms. The summed E-state index contributed by atoms with van der Waals surface area (Å²) in [6.45, 7) is 2.96. The summed E-state index contributed by atoms with van der Waals surface area (Å²) in [5, 5.41) is 8.64. The summed E-state index contributed by atoms with van der Waals surface area (Å²) >= 11 is 0. The first kappa shape index (κ1) is 16.0. The molecule has 0 amide bonds. The molecule has 2 rings (SSSR count). The molecule has 0 radical (unpaired) electrons. The van der Waals surface area contributed by atoms with Crippen molar-refractivity contribution in [3.05, 3.63) is 35.1 Å². The van der Waals surface area contributed by atoms with E-state index in [0.717, 1.165) is 26.2 Å². The minimum absolute atomic E-state index is 0.213. The highest BCUT2D eigenvalue weighted by Gasteiger charge is 2.16. The van der Waals surface area contributed by atoms with Crippen molar-refractivity contribution in [3.63, 3.8) is 0 Å². The van der Waals surface area contributed by atoms with Gasteiger partial charge in [0, 0.05) is 30.8 Å². The van der Waals surface area contributed by atoms with Gasteiger partial charge in [-0.25, -0.2) is 4.39 Å². The molecule has 4 heteroatoms. The van der Waals surface area contributed by atoms with Gasteiger partial charge in [-0.05, 0) is 37.9 Å². The van der Waals surface area contributed by atoms with E-state index in [4.69, 9.17) is 9.84 Å². The van der Waals surface area contributed by atoms with E-state index in [0.29, 0.717) is 23.6 Å². The molecule has 0 aromatic heterocycles. The highest BCUT2D eigenvalue weighted by Crippen LogP contribution is 2.17. The smallest absolute Gasteiger partial charge is 0.128 e. The Balaban J connectivity index is 1.92. The molecule has 0 spiro atoms. The zero-order valence-corrected chi connectivity index (χ0v) is 12.4. The van der Waals surface area contributed by atoms with Gasteiger partial charge in [-0.3, -0.25) is 0 Å². The van der Waals surface area contributed by atoms with Crippen LogP contribution >= 0.6 is 0 Å². The second-order valence-corrected chi connectivity index (χ2v) is 5.55. The van der Waals surface area contributed by atoms with E-state index >= 15 is 0 Å². The van der Waals surface area contributed by atoms with E-state index in [1.165, 1.54) is 12.5 Å². The molecule has 1 saturated heterocycles. The van der Waals surface area contributed by atoms with Gasteiger partial charge in [0.1, 0.15) is 12.4 Å². The summed E-state index contributed by atoms with van der Waals surface area (Å²) in [6, 6.07) is 4.98. The summed E-state index contributed by atoms with van der Waals surface area (Å²) in [7, 11) is 2.01. The highest BCUT2D eigenvalue weighted by molar-refractivity contribution is 5.37. The van der Waals surface area contributed by atoms with E-state index in [1.54, 1.807) is 12.1 Å². The molecule has 1 unspecified atom stereocenters. The number of ether oxygens (including phenoxy) is 1. The van der Waals surface area contributed by atoms with Crippen LogP contribution in [0.2, 0.25) is 0 Å². The van der Waals surface area contributed by atoms with E-state index in [1.807, 2.05) is 7.05 Å². The maximum atomic E-state index is 14.0. The monoisotopic (exact) mass is 291 g/mol. The van der Waals surface area contributed by atoms with Crippen molar-refractivity contribution in [2.75, 3.05) is 33.4 Å². The Morgan fingerprint density at radius 3 is 3.00 bits per heavy atom. The lowest BCUT2D eigenvalue weighted by molar-refractivity contribution is 0.0410. The second kappa shape index (κ2) is 8.14. The largest absolute Gasteiger partial charge is 0.384 e. The van der Waals surface area contributed by atoms with Crippen LogP contribution < -0.4 is 0 Å². The summed E-state index contributed by atoms with van der Waals surface area (Å²) in [6.07, 6.45) is 2.30. The third-order valence-electron chi connectivity index (χ3n) is 3.63. The van der Waals surface area contributed by atoms with Gasteiger partial charge in [0.25, 0.3) is 0 Å². The van der Waals surface area contributed by atoms with Crippen molar-refractivity contribution in [2.24, 2.45) is 5.92 Å². The number of rotatable bonds is 4. The Morgan fingerprint density at radius 1 is 1.48 bits per heavy atom. The number of hydrogen-bond acceptors (Lipinski definition) is 3. The van der Waals surface area contributed by atoms with Crippen LogP contribution in [0.25, 0.3) is 0 Å². The maximum Gasteiger partial charge on any atom is 0.128 e. The van der Waals surface area contributed by atoms with Crippen LogP contribution in [0.5, 0.6) is 0 Å². The summed E-state index contributed by atoms with van der Waals surface area (Å²) in [5.74, 6) is 5.53. The number of nitrogens with zero attached hydrogens (tertiary/aromatic N) is 1. The average Bonchev–Trinajstić information content (AvgIpc) is 2.48. The van der Waals surface area contributed by atoms with Crippen LogP contribution in [-0.4, -0.2) is 43.4 Å². The molecule has 1 aromatic carbocycles. The van der Waals surface area contributed by atoms with Gasteiger partial charge in [0.15, 0.2) is 0 Å². The fraction of sp³-hybridized carbons (Fsp3) is 0.529. The van der Waals surface area contributed by atoms with E-state index in [2.05, 4.69) is 16.7 Å². The number of aliphatic hydroxyl groups excluding tert-OH is 1. The number of aliphatic hydroxyl groups is 1. The van der Waals surface area contributed by atoms with Crippen LogP contribution in [-0.2, 0) is 11.3 Å². The molecule has 1 atom stereocenters. The Morgan fingerprint density at radius 2 is 2.33 bits per heavy atom. The van der Waals surface area contributed by atoms with Crippen LogP contribution in [0.15, 0.2) is 18.2 Å². The molecule has 1 N–H and O–H groups in total. The van der Waals surface area contributed by atoms with Crippen molar-refractivity contribution in [1.82, 2.24) is 4.90 Å². The molecular formula is C17H22FNO2. The van der Waals surface area contributed by atoms with Crippen molar-refractivity contribution < 1.29 is 14.2 Å². The van der Waals surface area contributed by atoms with Gasteiger partial charge in [-0.15, -0.1) is 0 Å². The molecule has 0 saturated carbocycles. The van der Waals surface area contributed by atoms with E-state index < -0.39 is 0 Å². The van der Waals surface area contributed by atoms with Crippen molar-refractivity contribution in [2.45, 2.75) is 19.4 Å². The average molecular weight is 291 g/mol. The van der Waals surface area contributed by atoms with Gasteiger partial charge < -0.3 is 14.7 Å². The molecule has 21 heavy (non-hydrogen) atoms. The molecule has 1 fully saturated rings. The Bertz CT molecular complexity index is 515. The predicted octanol–water partition coefficient (Wildman–Crippen LogP) is 2.03. The third kappa shape index (κ3) is 5.13. The SMILES string of the molecule is CN(Cc1ccc(C#CCO)cc1F)CC1CCCOC1. The lowest BCUT2D eigenvalue weighted by atomic mass is 10.0. The minimum Gasteiger partial charge on any atom is -0.384 e. The maximum absolute atomic E-state index is 14.0. The molecule has 1 aliphatic rings. The first-order valence-electron chi connectivity index (χ1n) is 7.33. The second-order valence-electron chi connectivity index (χ2n) is 5.55. The van der Waals surface area contributed by atoms with Crippen LogP contribution in [0.1, 0.15) is 24.0 Å². The Hall–Kier alpha value is -1.41. The standard InChI is InChI=1S/C17H22FNO2/c1-19(11-15-5-3-9-21-13-15)12-16-7-6-14(4-2-8-20)10-17(16)18/h6-7,10,15,20H,3,5,8-9,11-13H2,1H3. The van der Waals surface area contributed by atoms with Crippen LogP contribution in [0, 0.1) is 23.6 Å². The number of hydrogen-bond donors (Lipinski definition) is 1. The molecule has 3 nitrogen and oxygen atoms in total. The summed E-state index contributed by atoms with van der Waals surface area (Å²) < 4.78 is 19.5. The normalized spacial score (nSPS) is 18.4. The zero-order valence-electron chi connectivity index (χ0n) is 12.4. The first-order valence-corrected chi connectivity index (χ1v) is 7.33. The fourth-order valence-electron chi connectivity index (χ4n) is 2.64. The van der Waals surface area contributed by atoms with Crippen molar-refractivity contribution >= 4 is 0 Å². The minimum atomic E-state index is -0.244. The molecule has 1 heterocycles. The quantitative estimate of drug-likeness (QED) is 0.862. The fourth-order valence-corrected chi connectivity index (χ4v) is 2.64. The lowest BCUT2D eigenvalue weighted by Gasteiger charge is -2.27. The zero-order chi connectivity index (χ0) is 15.1. The van der Waals surface area contributed by atoms with Crippen molar-refractivity contribution in [3.8, 4) is 11.8 Å². The van der Waals surface area contributed by atoms with Gasteiger partial charge in [-0.1, -0.05) is 17.9 Å². The molecule has 1 aliphatic heterocycles. The van der Waals surface area contributed by atoms with Crippen LogP contribution in [0.3, 0.4) is 0 Å². The molecular weight excluding hydrogens is 269 g/mol. The number of halogens is 1. The lowest BCUT2D eigenvalue weighted by Crippen LogP contribution is -2.30. The van der Waals surface area contributed by atoms with Gasteiger partial charge in [-0.2, -0.15) is 0 Å². The van der Waals surface area contributed by atoms with E-state index in [9.17, 15) is 4.39 Å². The molecule has 1 aromatic rings. The van der Waals surface area contributed by atoms with Gasteiger partial charge in [0.2, 0.25) is 0 Å². The van der Waals surface area contributed by atoms with Crippen molar-refractivity contribution in [1.29, 1.82) is 0 Å². The molecule has 114 valence electrons. The Kier molecular flexibility index (Phi) is 6.19. The Labute approximate surface area is 125 Å². The van der Waals surface area contributed by atoms with Gasteiger partial charge in [0.05, 0.1) is 6.61 Å². The topological polar surface area (TPSA) is 32.7 Å². The highest BCUT2D eigenvalue weighted by atomic mass is 19.1. The van der Waals surface area contributed by atoms with E-state index in [-0.39, 0.29) is 12.4 Å². The third-order valence-corrected chi connectivity index (χ3v) is 3.63. The van der Waals surface area contributed by atoms with Gasteiger partial charge >= 0.3 is 0 Å². The molecule has 0 aliphatic carbocycles. The first-order chi connectivity index (χ1) is 10.2.